The third kappa shape index (κ3) is 2.27. The van der Waals surface area contributed by atoms with Crippen LogP contribution >= 0.6 is 11.6 Å². The first-order chi connectivity index (χ1) is 9.99. The molecule has 0 radical (unpaired) electrons. The predicted octanol–water partition coefficient (Wildman–Crippen LogP) is 4.31. The first-order valence-corrected chi connectivity index (χ1v) is 6.87. The van der Waals surface area contributed by atoms with Gasteiger partial charge in [-0.05, 0) is 38.1 Å². The third-order valence-electron chi connectivity index (χ3n) is 3.19. The summed E-state index contributed by atoms with van der Waals surface area (Å²) < 4.78 is 29.6. The minimum atomic E-state index is -0.684. The molecule has 0 aliphatic carbocycles. The van der Waals surface area contributed by atoms with Gasteiger partial charge in [-0.3, -0.25) is 4.57 Å². The van der Waals surface area contributed by atoms with E-state index >= 15 is 0 Å². The molecule has 0 aliphatic heterocycles. The van der Waals surface area contributed by atoms with Gasteiger partial charge in [0, 0.05) is 5.69 Å². The summed E-state index contributed by atoms with van der Waals surface area (Å²) in [5, 5.41) is -0.515. The second kappa shape index (κ2) is 5.07. The lowest BCUT2D eigenvalue weighted by Gasteiger charge is -2.11. The Labute approximate surface area is 125 Å². The van der Waals surface area contributed by atoms with E-state index in [1.165, 1.54) is 22.8 Å². The summed E-state index contributed by atoms with van der Waals surface area (Å²) >= 11 is 6.12. The van der Waals surface area contributed by atoms with Crippen molar-refractivity contribution in [2.45, 2.75) is 19.2 Å². The molecular formula is C15H12ClF2N3. The predicted molar refractivity (Wildman–Crippen MR) is 77.8 cm³/mol. The summed E-state index contributed by atoms with van der Waals surface area (Å²) in [4.78, 5) is 8.69. The number of pyridine rings is 1. The zero-order valence-electron chi connectivity index (χ0n) is 11.4. The van der Waals surface area contributed by atoms with Gasteiger partial charge in [0.25, 0.3) is 0 Å². The molecule has 0 bridgehead atoms. The van der Waals surface area contributed by atoms with Crippen LogP contribution in [0.25, 0.3) is 16.9 Å². The van der Waals surface area contributed by atoms with Gasteiger partial charge in [0.2, 0.25) is 0 Å². The van der Waals surface area contributed by atoms with Crippen molar-refractivity contribution >= 4 is 22.8 Å². The average Bonchev–Trinajstić information content (AvgIpc) is 2.78. The molecule has 0 amide bonds. The molecule has 2 aromatic heterocycles. The molecular weight excluding hydrogens is 296 g/mol. The molecule has 0 N–H and O–H groups in total. The average molecular weight is 308 g/mol. The Balaban J connectivity index is 2.44. The standard InChI is InChI=1S/C15H12ClF2N3/c1-8-6-7-12-15(19-8)21(14(20-12)9(2)16)13-10(17)4-3-5-11(13)18/h3-7,9H,1-2H3. The molecule has 0 saturated carbocycles. The van der Waals surface area contributed by atoms with Crippen molar-refractivity contribution in [1.82, 2.24) is 14.5 Å². The van der Waals surface area contributed by atoms with Crippen LogP contribution in [0.3, 0.4) is 0 Å². The van der Waals surface area contributed by atoms with Crippen LogP contribution in [-0.2, 0) is 0 Å². The molecule has 108 valence electrons. The number of fused-ring (bicyclic) bond motifs is 1. The molecule has 0 saturated heterocycles. The van der Waals surface area contributed by atoms with Crippen LogP contribution in [0, 0.1) is 18.6 Å². The van der Waals surface area contributed by atoms with Gasteiger partial charge in [-0.15, -0.1) is 11.6 Å². The number of halogens is 3. The fourth-order valence-corrected chi connectivity index (χ4v) is 2.41. The first kappa shape index (κ1) is 13.9. The van der Waals surface area contributed by atoms with Gasteiger partial charge in [0.05, 0.1) is 5.38 Å². The molecule has 3 rings (SSSR count). The van der Waals surface area contributed by atoms with Crippen LogP contribution in [-0.4, -0.2) is 14.5 Å². The Morgan fingerprint density at radius 3 is 2.38 bits per heavy atom. The van der Waals surface area contributed by atoms with E-state index < -0.39 is 17.0 Å². The number of benzene rings is 1. The van der Waals surface area contributed by atoms with Gasteiger partial charge in [-0.2, -0.15) is 0 Å². The molecule has 2 heterocycles. The van der Waals surface area contributed by atoms with Crippen LogP contribution in [0.5, 0.6) is 0 Å². The number of aromatic nitrogens is 3. The second-order valence-corrected chi connectivity index (χ2v) is 5.44. The molecule has 1 unspecified atom stereocenters. The smallest absolute Gasteiger partial charge is 0.165 e. The number of rotatable bonds is 2. The molecule has 1 atom stereocenters. The number of imidazole rings is 1. The van der Waals surface area contributed by atoms with Gasteiger partial charge in [-0.1, -0.05) is 6.07 Å². The minimum Gasteiger partial charge on any atom is -0.274 e. The zero-order chi connectivity index (χ0) is 15.1. The summed E-state index contributed by atoms with van der Waals surface area (Å²) in [7, 11) is 0. The number of hydrogen-bond acceptors (Lipinski definition) is 2. The summed E-state index contributed by atoms with van der Waals surface area (Å²) in [6, 6.07) is 7.26. The van der Waals surface area contributed by atoms with E-state index in [-0.39, 0.29) is 5.69 Å². The second-order valence-electron chi connectivity index (χ2n) is 4.79. The van der Waals surface area contributed by atoms with Crippen LogP contribution in [0.15, 0.2) is 30.3 Å². The largest absolute Gasteiger partial charge is 0.274 e. The quantitative estimate of drug-likeness (QED) is 0.661. The van der Waals surface area contributed by atoms with Crippen molar-refractivity contribution in [2.24, 2.45) is 0 Å². The van der Waals surface area contributed by atoms with E-state index in [0.717, 1.165) is 5.69 Å². The van der Waals surface area contributed by atoms with Crippen molar-refractivity contribution in [3.05, 3.63) is 53.5 Å². The van der Waals surface area contributed by atoms with E-state index in [2.05, 4.69) is 9.97 Å². The Morgan fingerprint density at radius 2 is 1.76 bits per heavy atom. The fourth-order valence-electron chi connectivity index (χ4n) is 2.26. The van der Waals surface area contributed by atoms with Gasteiger partial charge >= 0.3 is 0 Å². The summed E-state index contributed by atoms with van der Waals surface area (Å²) in [6.07, 6.45) is 0. The highest BCUT2D eigenvalue weighted by Gasteiger charge is 2.22. The number of hydrogen-bond donors (Lipinski definition) is 0. The van der Waals surface area contributed by atoms with E-state index in [1.54, 1.807) is 26.0 Å². The monoisotopic (exact) mass is 307 g/mol. The molecule has 3 aromatic rings. The lowest BCUT2D eigenvalue weighted by atomic mass is 10.2. The van der Waals surface area contributed by atoms with Crippen molar-refractivity contribution in [2.75, 3.05) is 0 Å². The highest BCUT2D eigenvalue weighted by atomic mass is 35.5. The van der Waals surface area contributed by atoms with Crippen molar-refractivity contribution in [3.8, 4) is 5.69 Å². The van der Waals surface area contributed by atoms with Gasteiger partial charge in [0.15, 0.2) is 5.65 Å². The molecule has 0 fully saturated rings. The van der Waals surface area contributed by atoms with Crippen molar-refractivity contribution in [3.63, 3.8) is 0 Å². The number of para-hydroxylation sites is 1. The normalized spacial score (nSPS) is 12.8. The Hall–Kier alpha value is -2.01. The molecule has 0 spiro atoms. The number of alkyl halides is 1. The molecule has 0 aliphatic rings. The van der Waals surface area contributed by atoms with E-state index in [4.69, 9.17) is 11.6 Å². The van der Waals surface area contributed by atoms with E-state index in [1.807, 2.05) is 0 Å². The number of aryl methyl sites for hydroxylation is 1. The molecule has 21 heavy (non-hydrogen) atoms. The highest BCUT2D eigenvalue weighted by Crippen LogP contribution is 2.29. The van der Waals surface area contributed by atoms with Crippen molar-refractivity contribution in [1.29, 1.82) is 0 Å². The van der Waals surface area contributed by atoms with E-state index in [9.17, 15) is 8.78 Å². The maximum absolute atomic E-state index is 14.1. The highest BCUT2D eigenvalue weighted by molar-refractivity contribution is 6.20. The summed E-state index contributed by atoms with van der Waals surface area (Å²) in [6.45, 7) is 3.50. The van der Waals surface area contributed by atoms with Gasteiger partial charge in [0.1, 0.15) is 28.7 Å². The molecule has 6 heteroatoms. The van der Waals surface area contributed by atoms with Gasteiger partial charge < -0.3 is 0 Å². The van der Waals surface area contributed by atoms with Crippen molar-refractivity contribution < 1.29 is 8.78 Å². The number of nitrogens with zero attached hydrogens (tertiary/aromatic N) is 3. The Kier molecular flexibility index (Phi) is 3.37. The van der Waals surface area contributed by atoms with Gasteiger partial charge in [-0.25, -0.2) is 18.7 Å². The van der Waals surface area contributed by atoms with Crippen LogP contribution < -0.4 is 0 Å². The Bertz CT molecular complexity index is 807. The summed E-state index contributed by atoms with van der Waals surface area (Å²) in [5.41, 5.74) is 1.46. The Morgan fingerprint density at radius 1 is 1.10 bits per heavy atom. The zero-order valence-corrected chi connectivity index (χ0v) is 12.2. The topological polar surface area (TPSA) is 30.7 Å². The lowest BCUT2D eigenvalue weighted by Crippen LogP contribution is -2.07. The first-order valence-electron chi connectivity index (χ1n) is 6.43. The maximum atomic E-state index is 14.1. The molecule has 1 aromatic carbocycles. The fraction of sp³-hybridized carbons (Fsp3) is 0.200. The molecule has 3 nitrogen and oxygen atoms in total. The maximum Gasteiger partial charge on any atom is 0.165 e. The lowest BCUT2D eigenvalue weighted by molar-refractivity contribution is 0.567. The van der Waals surface area contributed by atoms with Crippen LogP contribution in [0.1, 0.15) is 23.8 Å². The third-order valence-corrected chi connectivity index (χ3v) is 3.38. The van der Waals surface area contributed by atoms with Crippen LogP contribution in [0.4, 0.5) is 8.78 Å². The van der Waals surface area contributed by atoms with E-state index in [0.29, 0.717) is 17.0 Å². The van der Waals surface area contributed by atoms with Crippen LogP contribution in [0.2, 0.25) is 0 Å². The SMILES string of the molecule is Cc1ccc2nc(C(C)Cl)n(-c3c(F)cccc3F)c2n1. The minimum absolute atomic E-state index is 0.208. The summed E-state index contributed by atoms with van der Waals surface area (Å²) in [5.74, 6) is -1.01.